The number of amides is 2. The summed E-state index contributed by atoms with van der Waals surface area (Å²) in [4.78, 5) is 58.6. The number of imide groups is 1. The van der Waals surface area contributed by atoms with Gasteiger partial charge in [-0.25, -0.2) is 9.88 Å². The molecule has 14 heteroatoms. The second-order valence-corrected chi connectivity index (χ2v) is 11.5. The van der Waals surface area contributed by atoms with Gasteiger partial charge in [0.25, 0.3) is 11.8 Å². The molecule has 5 rings (SSSR count). The average Bonchev–Trinajstić information content (AvgIpc) is 3.19. The Morgan fingerprint density at radius 2 is 1.12 bits per heavy atom. The third kappa shape index (κ3) is 4.65. The first-order chi connectivity index (χ1) is 18.8. The molecular weight excluding hydrogens is 688 g/mol. The van der Waals surface area contributed by atoms with E-state index in [2.05, 4.69) is 4.98 Å². The number of nitrogens with zero attached hydrogens (tertiary/aromatic N) is 2. The number of Topliss-reactive ketones (excluding diaryl/α,β-unsaturated/α-hetero) is 2. The number of para-hydroxylation sites is 1. The van der Waals surface area contributed by atoms with Crippen LogP contribution < -0.4 is 4.90 Å². The van der Waals surface area contributed by atoms with Crippen LogP contribution in [0.4, 0.5) is 5.69 Å². The minimum absolute atomic E-state index is 0.00231. The topological polar surface area (TPSA) is 84.4 Å². The highest BCUT2D eigenvalue weighted by atomic mass is 35.5. The number of carbonyl (C=O) groups is 4. The first kappa shape index (κ1) is 29.4. The van der Waals surface area contributed by atoms with Gasteiger partial charge in [-0.3, -0.25) is 19.2 Å². The van der Waals surface area contributed by atoms with Gasteiger partial charge < -0.3 is 0 Å². The second kappa shape index (κ2) is 10.9. The van der Waals surface area contributed by atoms with Crippen molar-refractivity contribution in [1.29, 1.82) is 0 Å². The SMILES string of the molecule is O=C1c2c(Cl)c(Cl)c(Cl)c(Cl)c2C(=O)C1c1ccc2cccc(N3C(=O)/C=C(Cl)/C(Cl)=C(Cl)\C(Cl)=C\C3=O)c2n1. The van der Waals surface area contributed by atoms with Crippen molar-refractivity contribution in [3.8, 4) is 0 Å². The van der Waals surface area contributed by atoms with Crippen molar-refractivity contribution in [3.05, 3.63) is 99.5 Å². The summed E-state index contributed by atoms with van der Waals surface area (Å²) in [5.41, 5.74) is -0.230. The van der Waals surface area contributed by atoms with Gasteiger partial charge in [-0.15, -0.1) is 0 Å². The van der Waals surface area contributed by atoms with Crippen LogP contribution in [0, 0.1) is 0 Å². The highest BCUT2D eigenvalue weighted by Crippen LogP contribution is 2.48. The maximum atomic E-state index is 13.4. The fourth-order valence-electron chi connectivity index (χ4n) is 4.29. The molecule has 0 atom stereocenters. The molecule has 202 valence electrons. The normalized spacial score (nSPS) is 21.1. The lowest BCUT2D eigenvalue weighted by atomic mass is 9.98. The van der Waals surface area contributed by atoms with Crippen molar-refractivity contribution in [3.63, 3.8) is 0 Å². The molecule has 1 aliphatic heterocycles. The molecule has 0 radical (unpaired) electrons. The third-order valence-electron chi connectivity index (χ3n) is 6.09. The molecule has 2 aromatic carbocycles. The number of ketones is 2. The van der Waals surface area contributed by atoms with E-state index in [9.17, 15) is 19.2 Å². The summed E-state index contributed by atoms with van der Waals surface area (Å²) in [7, 11) is 0. The van der Waals surface area contributed by atoms with E-state index in [0.717, 1.165) is 17.1 Å². The van der Waals surface area contributed by atoms with Gasteiger partial charge in [0.15, 0.2) is 11.6 Å². The van der Waals surface area contributed by atoms with Gasteiger partial charge >= 0.3 is 0 Å². The quantitative estimate of drug-likeness (QED) is 0.116. The molecule has 0 spiro atoms. The molecule has 2 heterocycles. The molecule has 0 fully saturated rings. The molecule has 0 unspecified atom stereocenters. The number of aromatic nitrogens is 1. The monoisotopic (exact) mass is 692 g/mol. The lowest BCUT2D eigenvalue weighted by Gasteiger charge is -2.20. The van der Waals surface area contributed by atoms with E-state index in [-0.39, 0.29) is 68.2 Å². The summed E-state index contributed by atoms with van der Waals surface area (Å²) < 4.78 is 0. The minimum Gasteiger partial charge on any atom is -0.293 e. The predicted octanol–water partition coefficient (Wildman–Crippen LogP) is 8.82. The minimum atomic E-state index is -1.44. The van der Waals surface area contributed by atoms with Gasteiger partial charge in [-0.1, -0.05) is 111 Å². The number of fused-ring (bicyclic) bond motifs is 2. The molecule has 1 aromatic heterocycles. The van der Waals surface area contributed by atoms with Gasteiger partial charge in [0.2, 0.25) is 0 Å². The van der Waals surface area contributed by atoms with Crippen LogP contribution in [0.2, 0.25) is 20.1 Å². The summed E-state index contributed by atoms with van der Waals surface area (Å²) in [5, 5.41) is -1.27. The summed E-state index contributed by atoms with van der Waals surface area (Å²) in [6, 6.07) is 7.70. The zero-order chi connectivity index (χ0) is 29.2. The second-order valence-electron chi connectivity index (χ2n) is 8.38. The van der Waals surface area contributed by atoms with Crippen LogP contribution in [-0.4, -0.2) is 28.4 Å². The Balaban J connectivity index is 1.69. The fraction of sp³-hybridized carbons (Fsp3) is 0.0385. The molecule has 0 saturated carbocycles. The highest BCUT2D eigenvalue weighted by molar-refractivity contribution is 6.56. The van der Waals surface area contributed by atoms with Crippen LogP contribution >= 0.6 is 92.8 Å². The standard InChI is InChI=1S/C26H8Cl8N2O4/c27-9-6-13(37)36(14(38)7-10(28)19(30)18(9)29)12-3-1-2-8-4-5-11(35-24(8)12)15-25(39)16-17(26(15)40)21(32)23(34)22(33)20(16)31/h1-7,15H/b9-6-,10-7-,19-18-. The van der Waals surface area contributed by atoms with E-state index in [1.165, 1.54) is 12.1 Å². The molecule has 3 aromatic rings. The van der Waals surface area contributed by atoms with Crippen LogP contribution in [0.25, 0.3) is 10.9 Å². The van der Waals surface area contributed by atoms with Gasteiger partial charge in [0, 0.05) is 17.5 Å². The Morgan fingerprint density at radius 1 is 0.625 bits per heavy atom. The van der Waals surface area contributed by atoms with E-state index in [4.69, 9.17) is 92.8 Å². The number of hydrogen-bond acceptors (Lipinski definition) is 5. The lowest BCUT2D eigenvalue weighted by Crippen LogP contribution is -2.35. The smallest absolute Gasteiger partial charge is 0.259 e. The Hall–Kier alpha value is -2.13. The number of benzene rings is 2. The van der Waals surface area contributed by atoms with Gasteiger partial charge in [-0.05, 0) is 12.1 Å². The summed E-state index contributed by atoms with van der Waals surface area (Å²) in [6.45, 7) is 0. The number of pyridine rings is 1. The molecule has 0 saturated heterocycles. The number of carbonyl (C=O) groups excluding carboxylic acids is 4. The molecule has 2 amide bonds. The average molecular weight is 696 g/mol. The number of rotatable bonds is 2. The number of allylic oxidation sites excluding steroid dienone is 4. The van der Waals surface area contributed by atoms with Crippen molar-refractivity contribution in [2.45, 2.75) is 5.92 Å². The van der Waals surface area contributed by atoms with Crippen molar-refractivity contribution in [1.82, 2.24) is 4.98 Å². The zero-order valence-electron chi connectivity index (χ0n) is 19.2. The zero-order valence-corrected chi connectivity index (χ0v) is 25.2. The van der Waals surface area contributed by atoms with Crippen LogP contribution in [0.3, 0.4) is 0 Å². The van der Waals surface area contributed by atoms with Crippen molar-refractivity contribution in [2.24, 2.45) is 0 Å². The van der Waals surface area contributed by atoms with Gasteiger partial charge in [-0.2, -0.15) is 0 Å². The summed E-state index contributed by atoms with van der Waals surface area (Å²) >= 11 is 49.2. The Morgan fingerprint density at radius 3 is 1.62 bits per heavy atom. The first-order valence-corrected chi connectivity index (χ1v) is 13.9. The first-order valence-electron chi connectivity index (χ1n) is 10.9. The van der Waals surface area contributed by atoms with Crippen molar-refractivity contribution < 1.29 is 19.2 Å². The summed E-state index contributed by atoms with van der Waals surface area (Å²) in [6.07, 6.45) is 1.79. The van der Waals surface area contributed by atoms with E-state index in [0.29, 0.717) is 5.39 Å². The van der Waals surface area contributed by atoms with Crippen LogP contribution in [0.1, 0.15) is 32.3 Å². The molecule has 6 nitrogen and oxygen atoms in total. The van der Waals surface area contributed by atoms with E-state index in [1.54, 1.807) is 18.2 Å². The Kier molecular flexibility index (Phi) is 8.03. The molecule has 1 aliphatic carbocycles. The van der Waals surface area contributed by atoms with E-state index < -0.39 is 29.3 Å². The van der Waals surface area contributed by atoms with Crippen LogP contribution in [0.5, 0.6) is 0 Å². The molecule has 0 N–H and O–H groups in total. The predicted molar refractivity (Wildman–Crippen MR) is 159 cm³/mol. The fourth-order valence-corrected chi connectivity index (χ4v) is 6.11. The Labute approximate surface area is 265 Å². The number of hydrogen-bond donors (Lipinski definition) is 0. The molecule has 0 bridgehead atoms. The highest BCUT2D eigenvalue weighted by Gasteiger charge is 2.45. The number of anilines is 1. The lowest BCUT2D eigenvalue weighted by molar-refractivity contribution is -0.121. The molecular formula is C26H8Cl8N2O4. The van der Waals surface area contributed by atoms with Crippen molar-refractivity contribution in [2.75, 3.05) is 4.90 Å². The maximum absolute atomic E-state index is 13.4. The van der Waals surface area contributed by atoms with Crippen molar-refractivity contribution >= 4 is 133 Å². The van der Waals surface area contributed by atoms with E-state index >= 15 is 0 Å². The summed E-state index contributed by atoms with van der Waals surface area (Å²) in [5.74, 6) is -4.59. The largest absolute Gasteiger partial charge is 0.293 e. The molecule has 40 heavy (non-hydrogen) atoms. The van der Waals surface area contributed by atoms with Crippen LogP contribution in [-0.2, 0) is 9.59 Å². The van der Waals surface area contributed by atoms with Gasteiger partial charge in [0.1, 0.15) is 5.92 Å². The van der Waals surface area contributed by atoms with Crippen LogP contribution in [0.15, 0.2) is 62.6 Å². The maximum Gasteiger partial charge on any atom is 0.259 e. The Bertz CT molecular complexity index is 1740. The molecule has 2 aliphatic rings. The van der Waals surface area contributed by atoms with Gasteiger partial charge in [0.05, 0.1) is 68.2 Å². The third-order valence-corrected chi connectivity index (χ3v) is 9.57. The number of halogens is 8. The van der Waals surface area contributed by atoms with E-state index in [1.807, 2.05) is 0 Å².